The predicted octanol–water partition coefficient (Wildman–Crippen LogP) is -3.32. The summed E-state index contributed by atoms with van der Waals surface area (Å²) in [6, 6.07) is -14.8. The number of hydrogen-bond donors (Lipinski definition) is 18. The van der Waals surface area contributed by atoms with Gasteiger partial charge in [-0.15, -0.1) is 0 Å². The molecule has 1 aromatic heterocycles. The van der Waals surface area contributed by atoms with Crippen LogP contribution < -0.4 is 70.8 Å². The van der Waals surface area contributed by atoms with Crippen LogP contribution in [-0.4, -0.2) is 187 Å². The lowest BCUT2D eigenvalue weighted by Gasteiger charge is -2.31. The standard InChI is InChI=1S/C54H93N15O17/c1-7-30(6)44(53(84)68-43(29(4)5)52(83)66-38(25-41(74)75)49(80)64-36(54(85)86)16-10-13-23-57)69-48(79)33(15-9-12-22-56)62-46(77)35(18-20-40(72)73)63-51(82)42(28(2)3)67-50(81)37(24-31-26-59-27-60-31)65-47(78)34(17-19-39(70)71)61-45(76)32(58)14-8-11-21-55/h26-30,32-38,42-44H,7-25,55-58H2,1-6H3,(H,59,60)(H,61,76)(H,62,77)(H,63,82)(H,64,80)(H,65,78)(H,66,83)(H,67,81)(H,68,84)(H,69,79)(H,70,71)(H,72,73)(H,74,75)(H,85,86)/t30-,32-,33-,34-,35-,36-,37-,38-,42-,43-,44-/m0/s1. The number of imidazole rings is 1. The monoisotopic (exact) mass is 1220 g/mol. The SMILES string of the molecule is CC[C@H](C)[C@H](NC(=O)[C@H](CCCCN)NC(=O)[C@H](CCC(=O)O)NC(=O)[C@@H](NC(=O)[C@H](Cc1cnc[nH]1)NC(=O)[C@H](CCC(=O)O)NC(=O)[C@@H](N)CCCCN)C(C)C)C(=O)N[C@H](C(=O)N[C@@H](CC(=O)O)C(=O)N[C@@H](CCCCN)C(=O)O)C(C)C. The summed E-state index contributed by atoms with van der Waals surface area (Å²) in [7, 11) is 0. The topological polar surface area (TPSA) is 544 Å². The van der Waals surface area contributed by atoms with E-state index in [0.717, 1.165) is 0 Å². The molecule has 0 aliphatic rings. The van der Waals surface area contributed by atoms with Crippen LogP contribution in [0.2, 0.25) is 0 Å². The average Bonchev–Trinajstić information content (AvgIpc) is 3.82. The first-order valence-electron chi connectivity index (χ1n) is 29.0. The van der Waals surface area contributed by atoms with Crippen LogP contribution in [-0.2, 0) is 68.7 Å². The fourth-order valence-corrected chi connectivity index (χ4v) is 8.58. The molecule has 0 fully saturated rings. The molecule has 0 radical (unpaired) electrons. The number of H-pyrrole nitrogens is 1. The molecular formula is C54H93N15O17. The van der Waals surface area contributed by atoms with E-state index in [9.17, 15) is 82.8 Å². The van der Waals surface area contributed by atoms with Gasteiger partial charge in [0.15, 0.2) is 0 Å². The van der Waals surface area contributed by atoms with Crippen LogP contribution in [0.4, 0.5) is 0 Å². The van der Waals surface area contributed by atoms with E-state index in [0.29, 0.717) is 44.3 Å². The molecule has 0 aromatic carbocycles. The summed E-state index contributed by atoms with van der Waals surface area (Å²) in [5, 5.41) is 60.8. The lowest BCUT2D eigenvalue weighted by Crippen LogP contribution is -2.62. The maximum absolute atomic E-state index is 14.3. The van der Waals surface area contributed by atoms with Crippen molar-refractivity contribution in [2.45, 2.75) is 205 Å². The molecule has 0 aliphatic carbocycles. The summed E-state index contributed by atoms with van der Waals surface area (Å²) in [6.45, 7) is 10.2. The van der Waals surface area contributed by atoms with Crippen LogP contribution >= 0.6 is 0 Å². The molecule has 9 amide bonds. The Bertz CT molecular complexity index is 2390. The fourth-order valence-electron chi connectivity index (χ4n) is 8.58. The molecule has 32 heteroatoms. The van der Waals surface area contributed by atoms with E-state index in [-0.39, 0.29) is 51.6 Å². The second-order valence-corrected chi connectivity index (χ2v) is 21.7. The van der Waals surface area contributed by atoms with Gasteiger partial charge in [-0.1, -0.05) is 54.4 Å². The van der Waals surface area contributed by atoms with Crippen molar-refractivity contribution >= 4 is 77.0 Å². The Balaban J connectivity index is 3.57. The molecule has 0 saturated carbocycles. The van der Waals surface area contributed by atoms with Gasteiger partial charge >= 0.3 is 23.9 Å². The summed E-state index contributed by atoms with van der Waals surface area (Å²) in [5.74, 6) is -16.4. The van der Waals surface area contributed by atoms with Gasteiger partial charge in [-0.05, 0) is 102 Å². The molecule has 1 heterocycles. The number of rotatable bonds is 45. The van der Waals surface area contributed by atoms with Crippen molar-refractivity contribution in [3.63, 3.8) is 0 Å². The van der Waals surface area contributed by atoms with Gasteiger partial charge in [-0.25, -0.2) is 9.78 Å². The van der Waals surface area contributed by atoms with Crippen LogP contribution in [0.15, 0.2) is 12.5 Å². The number of unbranched alkanes of at least 4 members (excludes halogenated alkanes) is 3. The molecule has 0 unspecified atom stereocenters. The molecule has 22 N–H and O–H groups in total. The van der Waals surface area contributed by atoms with E-state index in [1.54, 1.807) is 13.8 Å². The van der Waals surface area contributed by atoms with Gasteiger partial charge in [0.25, 0.3) is 0 Å². The molecular weight excluding hydrogens is 1130 g/mol. The number of carbonyl (C=O) groups excluding carboxylic acids is 9. The highest BCUT2D eigenvalue weighted by atomic mass is 16.4. The number of amides is 9. The van der Waals surface area contributed by atoms with Gasteiger partial charge in [0.05, 0.1) is 18.8 Å². The first-order chi connectivity index (χ1) is 40.5. The van der Waals surface area contributed by atoms with E-state index in [1.807, 2.05) is 0 Å². The number of nitrogens with two attached hydrogens (primary N) is 4. The summed E-state index contributed by atoms with van der Waals surface area (Å²) in [5.41, 5.74) is 23.2. The van der Waals surface area contributed by atoms with Gasteiger partial charge < -0.3 is 96.2 Å². The Morgan fingerprint density at radius 2 is 0.826 bits per heavy atom. The number of hydrogen-bond acceptors (Lipinski definition) is 18. The minimum Gasteiger partial charge on any atom is -0.481 e. The van der Waals surface area contributed by atoms with Crippen LogP contribution in [0.1, 0.15) is 144 Å². The van der Waals surface area contributed by atoms with Crippen LogP contribution in [0.25, 0.3) is 0 Å². The largest absolute Gasteiger partial charge is 0.481 e. The number of carboxylic acids is 4. The average molecular weight is 1220 g/mol. The number of aromatic nitrogens is 2. The van der Waals surface area contributed by atoms with E-state index in [1.165, 1.54) is 40.2 Å². The first-order valence-corrected chi connectivity index (χ1v) is 29.0. The summed E-state index contributed by atoms with van der Waals surface area (Å²) in [6.07, 6.45) is 1.97. The zero-order valence-corrected chi connectivity index (χ0v) is 49.9. The number of aliphatic carboxylic acids is 4. The van der Waals surface area contributed by atoms with E-state index in [2.05, 4.69) is 57.8 Å². The Kier molecular flexibility index (Phi) is 35.8. The number of nitrogens with one attached hydrogen (secondary N) is 10. The lowest BCUT2D eigenvalue weighted by molar-refractivity contribution is -0.144. The van der Waals surface area contributed by atoms with E-state index < -0.39 is 187 Å². The Hall–Kier alpha value is -7.84. The summed E-state index contributed by atoms with van der Waals surface area (Å²) >= 11 is 0. The number of nitrogens with zero attached hydrogens (tertiary/aromatic N) is 1. The van der Waals surface area contributed by atoms with Crippen molar-refractivity contribution < 1.29 is 82.8 Å². The molecule has 32 nitrogen and oxygen atoms in total. The number of aromatic amines is 1. The third kappa shape index (κ3) is 28.8. The van der Waals surface area contributed by atoms with Gasteiger partial charge in [-0.3, -0.25) is 57.5 Å². The molecule has 486 valence electrons. The second-order valence-electron chi connectivity index (χ2n) is 21.7. The molecule has 0 saturated heterocycles. The zero-order chi connectivity index (χ0) is 65.2. The highest BCUT2D eigenvalue weighted by Gasteiger charge is 2.38. The van der Waals surface area contributed by atoms with Crippen LogP contribution in [0, 0.1) is 17.8 Å². The Morgan fingerprint density at radius 1 is 0.453 bits per heavy atom. The van der Waals surface area contributed by atoms with Gasteiger partial charge in [0.1, 0.15) is 54.4 Å². The molecule has 86 heavy (non-hydrogen) atoms. The maximum atomic E-state index is 14.3. The Labute approximate surface area is 499 Å². The highest BCUT2D eigenvalue weighted by Crippen LogP contribution is 2.15. The minimum atomic E-state index is -1.79. The summed E-state index contributed by atoms with van der Waals surface area (Å²) in [4.78, 5) is 179. The predicted molar refractivity (Wildman–Crippen MR) is 309 cm³/mol. The molecule has 0 bridgehead atoms. The quantitative estimate of drug-likeness (QED) is 0.0284. The molecule has 11 atom stereocenters. The number of carboxylic acid groups (broad SMARTS) is 4. The third-order valence-corrected chi connectivity index (χ3v) is 13.9. The van der Waals surface area contributed by atoms with E-state index in [4.69, 9.17) is 22.9 Å². The van der Waals surface area contributed by atoms with Crippen molar-refractivity contribution in [1.82, 2.24) is 57.8 Å². The normalized spacial score (nSPS) is 15.1. The Morgan fingerprint density at radius 3 is 1.27 bits per heavy atom. The molecule has 1 aromatic rings. The van der Waals surface area contributed by atoms with Crippen LogP contribution in [0.5, 0.6) is 0 Å². The second kappa shape index (κ2) is 40.5. The van der Waals surface area contributed by atoms with Crippen molar-refractivity contribution in [3.05, 3.63) is 18.2 Å². The van der Waals surface area contributed by atoms with Crippen molar-refractivity contribution in [1.29, 1.82) is 0 Å². The first kappa shape index (κ1) is 76.2. The lowest BCUT2D eigenvalue weighted by atomic mass is 9.95. The summed E-state index contributed by atoms with van der Waals surface area (Å²) < 4.78 is 0. The molecule has 0 aliphatic heterocycles. The van der Waals surface area contributed by atoms with Gasteiger partial charge in [0, 0.05) is 31.2 Å². The minimum absolute atomic E-state index is 0.0405. The van der Waals surface area contributed by atoms with Crippen molar-refractivity contribution in [2.75, 3.05) is 19.6 Å². The zero-order valence-electron chi connectivity index (χ0n) is 49.9. The highest BCUT2D eigenvalue weighted by molar-refractivity contribution is 5.99. The van der Waals surface area contributed by atoms with Crippen molar-refractivity contribution in [2.24, 2.45) is 40.7 Å². The van der Waals surface area contributed by atoms with Gasteiger partial charge in [0.2, 0.25) is 53.2 Å². The van der Waals surface area contributed by atoms with Crippen LogP contribution in [0.3, 0.4) is 0 Å². The van der Waals surface area contributed by atoms with Crippen molar-refractivity contribution in [3.8, 4) is 0 Å². The smallest absolute Gasteiger partial charge is 0.326 e. The van der Waals surface area contributed by atoms with Gasteiger partial charge in [-0.2, -0.15) is 0 Å². The molecule has 0 spiro atoms. The fraction of sp³-hybridized carbons (Fsp3) is 0.704. The number of carbonyl (C=O) groups is 13. The third-order valence-electron chi connectivity index (χ3n) is 13.9. The maximum Gasteiger partial charge on any atom is 0.326 e. The molecule has 1 rings (SSSR count). The van der Waals surface area contributed by atoms with E-state index >= 15 is 0 Å².